The molecule has 1 aliphatic heterocycles. The molecule has 1 aromatic heterocycles. The molecule has 30 heavy (non-hydrogen) atoms. The lowest BCUT2D eigenvalue weighted by molar-refractivity contribution is 0.0949. The Morgan fingerprint density at radius 1 is 1.13 bits per heavy atom. The lowest BCUT2D eigenvalue weighted by Crippen LogP contribution is -2.28. The van der Waals surface area contributed by atoms with Crippen molar-refractivity contribution in [2.75, 3.05) is 20.2 Å². The topological polar surface area (TPSA) is 72.3 Å². The number of rotatable bonds is 6. The maximum Gasteiger partial charge on any atom is 0.251 e. The molecule has 0 aliphatic carbocycles. The number of carbonyl (C=O) groups is 1. The van der Waals surface area contributed by atoms with Gasteiger partial charge in [-0.25, -0.2) is 4.39 Å². The van der Waals surface area contributed by atoms with Gasteiger partial charge in [0.1, 0.15) is 17.4 Å². The molecule has 0 saturated heterocycles. The standard InChI is InChI=1S/C22H24FN5O2/c1-30-19-8-3-2-5-17(19)15-27-10-9-20-25-26-21(28(20)12-11-27)14-24-22(29)16-6-4-7-18(23)13-16/h2-8,13H,9-12,14-15H2,1H3,(H,24,29). The van der Waals surface area contributed by atoms with Crippen LogP contribution in [0.15, 0.2) is 48.5 Å². The maximum absolute atomic E-state index is 13.3. The number of carbonyl (C=O) groups excluding carboxylic acids is 1. The quantitative estimate of drug-likeness (QED) is 0.677. The Kier molecular flexibility index (Phi) is 6.04. The van der Waals surface area contributed by atoms with E-state index < -0.39 is 5.82 Å². The molecule has 156 valence electrons. The maximum atomic E-state index is 13.3. The molecular formula is C22H24FN5O2. The van der Waals surface area contributed by atoms with Crippen LogP contribution in [0.25, 0.3) is 0 Å². The van der Waals surface area contributed by atoms with Gasteiger partial charge in [-0.3, -0.25) is 9.69 Å². The summed E-state index contributed by atoms with van der Waals surface area (Å²) >= 11 is 0. The first-order valence-corrected chi connectivity index (χ1v) is 9.93. The second-order valence-corrected chi connectivity index (χ2v) is 7.22. The van der Waals surface area contributed by atoms with E-state index in [1.54, 1.807) is 13.2 Å². The summed E-state index contributed by atoms with van der Waals surface area (Å²) in [6.07, 6.45) is 0.778. The van der Waals surface area contributed by atoms with Crippen LogP contribution < -0.4 is 10.1 Å². The molecule has 1 amide bonds. The van der Waals surface area contributed by atoms with Crippen molar-refractivity contribution >= 4 is 5.91 Å². The third kappa shape index (κ3) is 4.49. The first-order chi connectivity index (χ1) is 14.6. The van der Waals surface area contributed by atoms with Crippen molar-refractivity contribution < 1.29 is 13.9 Å². The van der Waals surface area contributed by atoms with Crippen LogP contribution in [-0.4, -0.2) is 45.8 Å². The number of methoxy groups -OCH3 is 1. The van der Waals surface area contributed by atoms with E-state index in [1.807, 2.05) is 18.2 Å². The van der Waals surface area contributed by atoms with Crippen molar-refractivity contribution in [1.82, 2.24) is 25.0 Å². The number of halogens is 1. The fourth-order valence-corrected chi connectivity index (χ4v) is 3.68. The number of nitrogens with zero attached hydrogens (tertiary/aromatic N) is 4. The molecule has 2 aromatic carbocycles. The smallest absolute Gasteiger partial charge is 0.251 e. The van der Waals surface area contributed by atoms with Gasteiger partial charge in [-0.1, -0.05) is 24.3 Å². The van der Waals surface area contributed by atoms with E-state index in [9.17, 15) is 9.18 Å². The van der Waals surface area contributed by atoms with Crippen LogP contribution >= 0.6 is 0 Å². The van der Waals surface area contributed by atoms with Crippen LogP contribution in [0.4, 0.5) is 4.39 Å². The Morgan fingerprint density at radius 2 is 2.00 bits per heavy atom. The van der Waals surface area contributed by atoms with Crippen molar-refractivity contribution in [3.8, 4) is 5.75 Å². The minimum Gasteiger partial charge on any atom is -0.496 e. The third-order valence-corrected chi connectivity index (χ3v) is 5.28. The van der Waals surface area contributed by atoms with E-state index in [0.29, 0.717) is 5.82 Å². The Hall–Kier alpha value is -3.26. The molecule has 3 aromatic rings. The van der Waals surface area contributed by atoms with E-state index in [0.717, 1.165) is 49.7 Å². The molecular weight excluding hydrogens is 385 g/mol. The highest BCUT2D eigenvalue weighted by Crippen LogP contribution is 2.20. The number of benzene rings is 2. The zero-order valence-electron chi connectivity index (χ0n) is 16.8. The minimum absolute atomic E-state index is 0.245. The van der Waals surface area contributed by atoms with Crippen molar-refractivity contribution in [2.45, 2.75) is 26.1 Å². The molecule has 0 fully saturated rings. The average molecular weight is 409 g/mol. The molecule has 0 atom stereocenters. The van der Waals surface area contributed by atoms with Gasteiger partial charge in [-0.05, 0) is 24.3 Å². The van der Waals surface area contributed by atoms with Crippen LogP contribution in [-0.2, 0) is 26.1 Å². The number of hydrogen-bond donors (Lipinski definition) is 1. The molecule has 4 rings (SSSR count). The van der Waals surface area contributed by atoms with Gasteiger partial charge in [-0.15, -0.1) is 10.2 Å². The zero-order valence-corrected chi connectivity index (χ0v) is 16.8. The van der Waals surface area contributed by atoms with Gasteiger partial charge in [0.15, 0.2) is 5.82 Å². The van der Waals surface area contributed by atoms with Gasteiger partial charge in [-0.2, -0.15) is 0 Å². The summed E-state index contributed by atoms with van der Waals surface area (Å²) in [6, 6.07) is 13.7. The summed E-state index contributed by atoms with van der Waals surface area (Å²) in [7, 11) is 1.69. The van der Waals surface area contributed by atoms with Crippen LogP contribution in [0.5, 0.6) is 5.75 Å². The second kappa shape index (κ2) is 9.04. The highest BCUT2D eigenvalue weighted by atomic mass is 19.1. The number of nitrogens with one attached hydrogen (secondary N) is 1. The fraction of sp³-hybridized carbons (Fsp3) is 0.318. The van der Waals surface area contributed by atoms with Gasteiger partial charge in [0.05, 0.1) is 13.7 Å². The third-order valence-electron chi connectivity index (χ3n) is 5.28. The SMILES string of the molecule is COc1ccccc1CN1CCc2nnc(CNC(=O)c3cccc(F)c3)n2CC1. The Balaban J connectivity index is 1.38. The number of aromatic nitrogens is 3. The summed E-state index contributed by atoms with van der Waals surface area (Å²) in [4.78, 5) is 14.7. The number of para-hydroxylation sites is 1. The van der Waals surface area contributed by atoms with Gasteiger partial charge in [0.2, 0.25) is 0 Å². The van der Waals surface area contributed by atoms with Crippen LogP contribution in [0, 0.1) is 5.82 Å². The van der Waals surface area contributed by atoms with E-state index in [1.165, 1.54) is 18.2 Å². The van der Waals surface area contributed by atoms with Crippen molar-refractivity contribution in [2.24, 2.45) is 0 Å². The fourth-order valence-electron chi connectivity index (χ4n) is 3.68. The summed E-state index contributed by atoms with van der Waals surface area (Å²) in [5.74, 6) is 1.73. The van der Waals surface area contributed by atoms with E-state index in [2.05, 4.69) is 31.0 Å². The van der Waals surface area contributed by atoms with Crippen LogP contribution in [0.3, 0.4) is 0 Å². The normalized spacial score (nSPS) is 14.1. The van der Waals surface area contributed by atoms with E-state index >= 15 is 0 Å². The first-order valence-electron chi connectivity index (χ1n) is 9.93. The highest BCUT2D eigenvalue weighted by molar-refractivity contribution is 5.94. The molecule has 0 radical (unpaired) electrons. The van der Waals surface area contributed by atoms with E-state index in [-0.39, 0.29) is 18.0 Å². The Labute approximate surface area is 174 Å². The molecule has 1 aliphatic rings. The number of ether oxygens (including phenoxy) is 1. The van der Waals surface area contributed by atoms with Crippen molar-refractivity contribution in [3.63, 3.8) is 0 Å². The molecule has 7 nitrogen and oxygen atoms in total. The summed E-state index contributed by atoms with van der Waals surface area (Å²) < 4.78 is 20.9. The number of amides is 1. The van der Waals surface area contributed by atoms with Gasteiger partial charge in [0.25, 0.3) is 5.91 Å². The minimum atomic E-state index is -0.436. The molecule has 0 spiro atoms. The predicted molar refractivity (Wildman–Crippen MR) is 110 cm³/mol. The molecule has 2 heterocycles. The highest BCUT2D eigenvalue weighted by Gasteiger charge is 2.20. The van der Waals surface area contributed by atoms with Gasteiger partial charge >= 0.3 is 0 Å². The molecule has 1 N–H and O–H groups in total. The Morgan fingerprint density at radius 3 is 2.83 bits per heavy atom. The average Bonchev–Trinajstić information content (AvgIpc) is 3.04. The van der Waals surface area contributed by atoms with Gasteiger partial charge < -0.3 is 14.6 Å². The van der Waals surface area contributed by atoms with E-state index in [4.69, 9.17) is 4.74 Å². The van der Waals surface area contributed by atoms with Crippen molar-refractivity contribution in [1.29, 1.82) is 0 Å². The lowest BCUT2D eigenvalue weighted by Gasteiger charge is -2.21. The predicted octanol–water partition coefficient (Wildman–Crippen LogP) is 2.41. The zero-order chi connectivity index (χ0) is 20.9. The summed E-state index contributed by atoms with van der Waals surface area (Å²) in [5, 5.41) is 11.4. The van der Waals surface area contributed by atoms with Crippen LogP contribution in [0.1, 0.15) is 27.6 Å². The molecule has 0 unspecified atom stereocenters. The summed E-state index contributed by atoms with van der Waals surface area (Å²) in [6.45, 7) is 3.49. The second-order valence-electron chi connectivity index (χ2n) is 7.22. The summed E-state index contributed by atoms with van der Waals surface area (Å²) in [5.41, 5.74) is 1.44. The molecule has 0 bridgehead atoms. The van der Waals surface area contributed by atoms with Crippen molar-refractivity contribution in [3.05, 3.63) is 77.1 Å². The lowest BCUT2D eigenvalue weighted by atomic mass is 10.2. The Bertz CT molecular complexity index is 1040. The van der Waals surface area contributed by atoms with Gasteiger partial charge in [0, 0.05) is 43.7 Å². The molecule has 0 saturated carbocycles. The number of hydrogen-bond acceptors (Lipinski definition) is 5. The number of fused-ring (bicyclic) bond motifs is 1. The van der Waals surface area contributed by atoms with Crippen LogP contribution in [0.2, 0.25) is 0 Å². The monoisotopic (exact) mass is 409 g/mol. The molecule has 8 heteroatoms. The first kappa shape index (κ1) is 20.0. The largest absolute Gasteiger partial charge is 0.496 e.